The maximum atomic E-state index is 6.31. The Balaban J connectivity index is 1.39. The quantitative estimate of drug-likeness (QED) is 0.196. The molecule has 3 heterocycles. The van der Waals surface area contributed by atoms with Crippen molar-refractivity contribution in [3.05, 3.63) is 64.4 Å². The molecule has 1 unspecified atom stereocenters. The van der Waals surface area contributed by atoms with Gasteiger partial charge in [0.25, 0.3) is 0 Å². The van der Waals surface area contributed by atoms with Gasteiger partial charge in [-0.15, -0.1) is 0 Å². The summed E-state index contributed by atoms with van der Waals surface area (Å²) in [4.78, 5) is 14.4. The number of ether oxygens (including phenoxy) is 1. The van der Waals surface area contributed by atoms with Crippen LogP contribution in [0.15, 0.2) is 48.8 Å². The van der Waals surface area contributed by atoms with E-state index in [4.69, 9.17) is 32.9 Å². The third-order valence-electron chi connectivity index (χ3n) is 5.96. The van der Waals surface area contributed by atoms with Crippen LogP contribution < -0.4 is 10.1 Å². The van der Waals surface area contributed by atoms with Crippen molar-refractivity contribution in [1.82, 2.24) is 30.0 Å². The molecule has 5 aromatic rings. The van der Waals surface area contributed by atoms with Gasteiger partial charge in [-0.25, -0.2) is 4.98 Å². The zero-order valence-corrected chi connectivity index (χ0v) is 21.8. The summed E-state index contributed by atoms with van der Waals surface area (Å²) < 4.78 is 6.19. The van der Waals surface area contributed by atoms with Gasteiger partial charge >= 0.3 is 0 Å². The highest BCUT2D eigenvalue weighted by molar-refractivity contribution is 6.35. The molecule has 0 saturated carbocycles. The molecule has 186 valence electrons. The fourth-order valence-electron chi connectivity index (χ4n) is 4.18. The Morgan fingerprint density at radius 3 is 2.64 bits per heavy atom. The van der Waals surface area contributed by atoms with Crippen LogP contribution in [-0.4, -0.2) is 57.2 Å². The second-order valence-corrected chi connectivity index (χ2v) is 9.77. The topological polar surface area (TPSA) is 94.7 Å². The van der Waals surface area contributed by atoms with Gasteiger partial charge in [0.1, 0.15) is 17.5 Å². The van der Waals surface area contributed by atoms with Gasteiger partial charge in [0.2, 0.25) is 0 Å². The lowest BCUT2D eigenvalue weighted by atomic mass is 10.1. The molecule has 5 rings (SSSR count). The third kappa shape index (κ3) is 5.11. The van der Waals surface area contributed by atoms with Crippen LogP contribution in [0.4, 0.5) is 5.69 Å². The van der Waals surface area contributed by atoms with Gasteiger partial charge in [-0.1, -0.05) is 23.2 Å². The minimum Gasteiger partial charge on any atom is -0.486 e. The smallest absolute Gasteiger partial charge is 0.159 e. The van der Waals surface area contributed by atoms with E-state index < -0.39 is 0 Å². The molecule has 36 heavy (non-hydrogen) atoms. The number of anilines is 1. The molecule has 0 amide bonds. The van der Waals surface area contributed by atoms with E-state index in [-0.39, 0.29) is 6.10 Å². The van der Waals surface area contributed by atoms with Crippen LogP contribution in [0.2, 0.25) is 10.0 Å². The summed E-state index contributed by atoms with van der Waals surface area (Å²) in [5, 5.41) is 12.9. The number of H-pyrrole nitrogens is 2. The largest absolute Gasteiger partial charge is 0.486 e. The molecule has 0 bridgehead atoms. The molecule has 0 fully saturated rings. The van der Waals surface area contributed by atoms with Gasteiger partial charge in [0, 0.05) is 35.6 Å². The van der Waals surface area contributed by atoms with Gasteiger partial charge in [-0.05, 0) is 70.4 Å². The number of aromatic nitrogens is 5. The molecule has 2 aromatic carbocycles. The number of hydrogen-bond acceptors (Lipinski definition) is 6. The maximum Gasteiger partial charge on any atom is 0.159 e. The summed E-state index contributed by atoms with van der Waals surface area (Å²) in [6.07, 6.45) is 3.83. The maximum absolute atomic E-state index is 6.31. The molecule has 0 aliphatic heterocycles. The fraction of sp³-hybridized carbons (Fsp3) is 0.269. The zero-order valence-electron chi connectivity index (χ0n) is 20.3. The van der Waals surface area contributed by atoms with Crippen molar-refractivity contribution in [2.24, 2.45) is 0 Å². The number of rotatable bonds is 9. The molecule has 0 saturated heterocycles. The van der Waals surface area contributed by atoms with E-state index in [1.165, 1.54) is 0 Å². The number of nitrogens with zero attached hydrogens (tertiary/aromatic N) is 4. The predicted octanol–water partition coefficient (Wildman–Crippen LogP) is 6.31. The number of fused-ring (bicyclic) bond motifs is 2. The number of aromatic amines is 2. The first-order chi connectivity index (χ1) is 17.4. The Morgan fingerprint density at radius 1 is 1.06 bits per heavy atom. The van der Waals surface area contributed by atoms with Gasteiger partial charge in [0.15, 0.2) is 5.82 Å². The minimum absolute atomic E-state index is 0.365. The van der Waals surface area contributed by atoms with Crippen LogP contribution in [0, 0.1) is 0 Å². The number of pyridine rings is 1. The first kappa shape index (κ1) is 24.4. The molecule has 3 aromatic heterocycles. The lowest BCUT2D eigenvalue weighted by Crippen LogP contribution is -2.16. The number of nitrogens with one attached hydrogen (secondary N) is 3. The molecule has 0 aliphatic rings. The van der Waals surface area contributed by atoms with Crippen molar-refractivity contribution in [2.75, 3.05) is 32.5 Å². The number of hydrogen-bond donors (Lipinski definition) is 3. The number of halogens is 2. The van der Waals surface area contributed by atoms with Gasteiger partial charge in [0.05, 0.1) is 26.6 Å². The molecule has 1 atom stereocenters. The Kier molecular flexibility index (Phi) is 7.00. The Morgan fingerprint density at radius 2 is 1.86 bits per heavy atom. The van der Waals surface area contributed by atoms with E-state index in [0.717, 1.165) is 52.8 Å². The second-order valence-electron chi connectivity index (χ2n) is 8.96. The van der Waals surface area contributed by atoms with Crippen molar-refractivity contribution < 1.29 is 4.74 Å². The highest BCUT2D eigenvalue weighted by Gasteiger charge is 2.18. The summed E-state index contributed by atoms with van der Waals surface area (Å²) in [6.45, 7) is 3.85. The van der Waals surface area contributed by atoms with E-state index in [0.29, 0.717) is 27.2 Å². The SMILES string of the molecule is CC(Oc1ccc2[nH]nc(-c3nc4ccc(NCCCN(C)C)cc4[nH]3)c2c1)c1c(Cl)cncc1Cl. The van der Waals surface area contributed by atoms with Crippen molar-refractivity contribution in [1.29, 1.82) is 0 Å². The fourth-order valence-corrected chi connectivity index (χ4v) is 4.85. The summed E-state index contributed by atoms with van der Waals surface area (Å²) in [7, 11) is 4.16. The third-order valence-corrected chi connectivity index (χ3v) is 6.56. The monoisotopic (exact) mass is 523 g/mol. The summed E-state index contributed by atoms with van der Waals surface area (Å²) >= 11 is 12.6. The molecule has 0 spiro atoms. The van der Waals surface area contributed by atoms with Gasteiger partial charge in [-0.2, -0.15) is 5.10 Å². The van der Waals surface area contributed by atoms with Crippen molar-refractivity contribution >= 4 is 50.8 Å². The van der Waals surface area contributed by atoms with Crippen molar-refractivity contribution in [2.45, 2.75) is 19.4 Å². The summed E-state index contributed by atoms with van der Waals surface area (Å²) in [6, 6.07) is 11.9. The number of benzene rings is 2. The lowest BCUT2D eigenvalue weighted by molar-refractivity contribution is 0.227. The Hall–Kier alpha value is -3.33. The highest BCUT2D eigenvalue weighted by atomic mass is 35.5. The van der Waals surface area contributed by atoms with E-state index in [1.54, 1.807) is 12.4 Å². The zero-order chi connectivity index (χ0) is 25.2. The minimum atomic E-state index is -0.365. The van der Waals surface area contributed by atoms with Crippen molar-refractivity contribution in [3.63, 3.8) is 0 Å². The first-order valence-corrected chi connectivity index (χ1v) is 12.5. The molecule has 0 aliphatic carbocycles. The van der Waals surface area contributed by atoms with Crippen LogP contribution in [0.3, 0.4) is 0 Å². The molecular weight excluding hydrogens is 497 g/mol. The molecular formula is C26H27Cl2N7O. The lowest BCUT2D eigenvalue weighted by Gasteiger charge is -2.17. The Labute approximate surface area is 219 Å². The van der Waals surface area contributed by atoms with E-state index in [2.05, 4.69) is 50.5 Å². The Bertz CT molecular complexity index is 1490. The molecule has 10 heteroatoms. The number of imidazole rings is 1. The normalized spacial score (nSPS) is 12.5. The van der Waals surface area contributed by atoms with Gasteiger partial charge in [-0.3, -0.25) is 10.1 Å². The average molecular weight is 524 g/mol. The van der Waals surface area contributed by atoms with Gasteiger partial charge < -0.3 is 19.9 Å². The molecule has 3 N–H and O–H groups in total. The van der Waals surface area contributed by atoms with Crippen LogP contribution in [-0.2, 0) is 0 Å². The molecule has 8 nitrogen and oxygen atoms in total. The summed E-state index contributed by atoms with van der Waals surface area (Å²) in [5.41, 5.74) is 5.18. The molecule has 0 radical (unpaired) electrons. The van der Waals surface area contributed by atoms with Crippen LogP contribution in [0.5, 0.6) is 5.75 Å². The highest BCUT2D eigenvalue weighted by Crippen LogP contribution is 2.34. The van der Waals surface area contributed by atoms with Crippen LogP contribution in [0.25, 0.3) is 33.5 Å². The standard InChI is InChI=1S/C26H27Cl2N7O/c1-15(24-19(27)13-29-14-20(24)28)36-17-6-8-21-18(12-17)25(34-33-21)26-31-22-7-5-16(11-23(22)32-26)30-9-4-10-35(2)3/h5-8,11-15,30H,4,9-10H2,1-3H3,(H,31,32)(H,33,34). The van der Waals surface area contributed by atoms with E-state index in [9.17, 15) is 0 Å². The van der Waals surface area contributed by atoms with E-state index >= 15 is 0 Å². The van der Waals surface area contributed by atoms with Crippen LogP contribution in [0.1, 0.15) is 25.0 Å². The predicted molar refractivity (Wildman–Crippen MR) is 146 cm³/mol. The first-order valence-electron chi connectivity index (χ1n) is 11.7. The van der Waals surface area contributed by atoms with Crippen LogP contribution >= 0.6 is 23.2 Å². The van der Waals surface area contributed by atoms with E-state index in [1.807, 2.05) is 37.3 Å². The second kappa shape index (κ2) is 10.3. The van der Waals surface area contributed by atoms with Crippen molar-refractivity contribution in [3.8, 4) is 17.3 Å². The summed E-state index contributed by atoms with van der Waals surface area (Å²) in [5.74, 6) is 1.35. The average Bonchev–Trinajstić information content (AvgIpc) is 3.45.